The molecule has 3 heteroatoms. The van der Waals surface area contributed by atoms with E-state index in [1.54, 1.807) is 6.07 Å². The Bertz CT molecular complexity index is 406. The number of halogens is 1. The van der Waals surface area contributed by atoms with Crippen molar-refractivity contribution in [2.24, 2.45) is 5.92 Å². The van der Waals surface area contributed by atoms with Gasteiger partial charge in [-0.25, -0.2) is 4.39 Å². The molecule has 0 bridgehead atoms. The topological polar surface area (TPSA) is 21.3 Å². The van der Waals surface area contributed by atoms with Gasteiger partial charge in [0.05, 0.1) is 7.11 Å². The lowest BCUT2D eigenvalue weighted by Crippen LogP contribution is -2.39. The fraction of sp³-hybridized carbons (Fsp3) is 0.625. The molecular formula is C16H24FNO. The molecule has 1 aromatic rings. The lowest BCUT2D eigenvalue weighted by molar-refractivity contribution is 0.261. The lowest BCUT2D eigenvalue weighted by Gasteiger charge is -2.32. The lowest BCUT2D eigenvalue weighted by atomic mass is 9.80. The predicted octanol–water partition coefficient (Wildman–Crippen LogP) is 3.55. The second-order valence-electron chi connectivity index (χ2n) is 5.35. The largest absolute Gasteiger partial charge is 0.494 e. The van der Waals surface area contributed by atoms with Crippen LogP contribution in [0.2, 0.25) is 0 Å². The minimum absolute atomic E-state index is 0.189. The third-order valence-electron chi connectivity index (χ3n) is 4.12. The third kappa shape index (κ3) is 3.47. The maximum atomic E-state index is 14.2. The Labute approximate surface area is 115 Å². The molecule has 0 aromatic heterocycles. The van der Waals surface area contributed by atoms with Gasteiger partial charge < -0.3 is 10.1 Å². The highest BCUT2D eigenvalue weighted by Gasteiger charge is 2.25. The number of hydrogen-bond donors (Lipinski definition) is 1. The molecule has 1 aliphatic carbocycles. The van der Waals surface area contributed by atoms with Gasteiger partial charge in [-0.2, -0.15) is 0 Å². The average Bonchev–Trinajstić information content (AvgIpc) is 2.43. The molecule has 1 aliphatic rings. The minimum Gasteiger partial charge on any atom is -0.494 e. The van der Waals surface area contributed by atoms with Gasteiger partial charge in [0.25, 0.3) is 0 Å². The van der Waals surface area contributed by atoms with E-state index in [1.807, 2.05) is 12.1 Å². The van der Waals surface area contributed by atoms with E-state index in [4.69, 9.17) is 4.74 Å². The van der Waals surface area contributed by atoms with Crippen molar-refractivity contribution in [3.63, 3.8) is 0 Å². The molecule has 2 atom stereocenters. The highest BCUT2D eigenvalue weighted by molar-refractivity contribution is 5.31. The zero-order valence-electron chi connectivity index (χ0n) is 11.9. The maximum absolute atomic E-state index is 14.2. The molecule has 2 rings (SSSR count). The molecule has 2 unspecified atom stereocenters. The Kier molecular flexibility index (Phi) is 5.20. The van der Waals surface area contributed by atoms with Crippen molar-refractivity contribution in [1.29, 1.82) is 0 Å². The maximum Gasteiger partial charge on any atom is 0.168 e. The van der Waals surface area contributed by atoms with E-state index in [9.17, 15) is 4.39 Å². The number of benzene rings is 1. The zero-order chi connectivity index (χ0) is 13.7. The van der Waals surface area contributed by atoms with Gasteiger partial charge in [0.1, 0.15) is 0 Å². The Morgan fingerprint density at radius 3 is 2.84 bits per heavy atom. The molecule has 2 nitrogen and oxygen atoms in total. The van der Waals surface area contributed by atoms with Crippen molar-refractivity contribution in [2.45, 2.75) is 45.1 Å². The van der Waals surface area contributed by atoms with Crippen LogP contribution in [0.1, 0.15) is 38.2 Å². The fourth-order valence-electron chi connectivity index (χ4n) is 3.14. The first-order chi connectivity index (χ1) is 9.26. The highest BCUT2D eigenvalue weighted by Crippen LogP contribution is 2.30. The summed E-state index contributed by atoms with van der Waals surface area (Å²) in [6.45, 7) is 3.12. The summed E-state index contributed by atoms with van der Waals surface area (Å²) in [6, 6.07) is 5.98. The third-order valence-corrected chi connectivity index (χ3v) is 4.12. The van der Waals surface area contributed by atoms with E-state index in [0.29, 0.717) is 17.7 Å². The number of ether oxygens (including phenoxy) is 1. The van der Waals surface area contributed by atoms with Gasteiger partial charge in [-0.05, 0) is 43.4 Å². The summed E-state index contributed by atoms with van der Waals surface area (Å²) >= 11 is 0. The van der Waals surface area contributed by atoms with Crippen LogP contribution in [0, 0.1) is 11.7 Å². The van der Waals surface area contributed by atoms with E-state index in [0.717, 1.165) is 18.5 Å². The van der Waals surface area contributed by atoms with E-state index >= 15 is 0 Å². The average molecular weight is 265 g/mol. The first kappa shape index (κ1) is 14.3. The van der Waals surface area contributed by atoms with Crippen molar-refractivity contribution in [3.05, 3.63) is 29.6 Å². The van der Waals surface area contributed by atoms with Gasteiger partial charge in [-0.15, -0.1) is 0 Å². The molecule has 0 heterocycles. The summed E-state index contributed by atoms with van der Waals surface area (Å²) in [7, 11) is 1.52. The van der Waals surface area contributed by atoms with Crippen LogP contribution in [0.5, 0.6) is 5.75 Å². The van der Waals surface area contributed by atoms with Crippen LogP contribution in [0.15, 0.2) is 18.2 Å². The summed E-state index contributed by atoms with van der Waals surface area (Å²) < 4.78 is 19.3. The molecule has 1 saturated carbocycles. The molecule has 1 fully saturated rings. The summed E-state index contributed by atoms with van der Waals surface area (Å²) in [5, 5.41) is 3.55. The van der Waals surface area contributed by atoms with Crippen LogP contribution in [0.3, 0.4) is 0 Å². The van der Waals surface area contributed by atoms with E-state index in [1.165, 1.54) is 32.8 Å². The monoisotopic (exact) mass is 265 g/mol. The molecule has 0 saturated heterocycles. The van der Waals surface area contributed by atoms with Crippen molar-refractivity contribution in [2.75, 3.05) is 13.7 Å². The molecule has 0 spiro atoms. The van der Waals surface area contributed by atoms with Crippen molar-refractivity contribution >= 4 is 0 Å². The summed E-state index contributed by atoms with van der Waals surface area (Å²) in [5.41, 5.74) is 0.786. The van der Waals surface area contributed by atoms with Crippen molar-refractivity contribution in [3.8, 4) is 5.75 Å². The molecule has 0 radical (unpaired) electrons. The number of rotatable bonds is 5. The number of hydrogen-bond acceptors (Lipinski definition) is 2. The number of nitrogens with one attached hydrogen (secondary N) is 1. The van der Waals surface area contributed by atoms with Gasteiger partial charge >= 0.3 is 0 Å². The zero-order valence-corrected chi connectivity index (χ0v) is 11.9. The van der Waals surface area contributed by atoms with Crippen LogP contribution < -0.4 is 10.1 Å². The summed E-state index contributed by atoms with van der Waals surface area (Å²) in [4.78, 5) is 0. The Hall–Kier alpha value is -1.09. The van der Waals surface area contributed by atoms with Gasteiger partial charge in [0.15, 0.2) is 11.6 Å². The predicted molar refractivity (Wildman–Crippen MR) is 76.1 cm³/mol. The number of methoxy groups -OCH3 is 1. The molecule has 0 aliphatic heterocycles. The smallest absolute Gasteiger partial charge is 0.168 e. The van der Waals surface area contributed by atoms with E-state index in [2.05, 4.69) is 12.2 Å². The molecule has 0 amide bonds. The first-order valence-corrected chi connectivity index (χ1v) is 7.31. The quantitative estimate of drug-likeness (QED) is 0.879. The fourth-order valence-corrected chi connectivity index (χ4v) is 3.14. The Morgan fingerprint density at radius 2 is 2.11 bits per heavy atom. The van der Waals surface area contributed by atoms with Gasteiger partial charge in [0, 0.05) is 6.04 Å². The second kappa shape index (κ2) is 6.90. The Balaban J connectivity index is 2.10. The standard InChI is InChI=1S/C16H24FNO/c1-3-18-14-9-5-4-7-12(14)11-13-8-6-10-15(19-2)16(13)17/h6,8,10,12,14,18H,3-5,7,9,11H2,1-2H3. The summed E-state index contributed by atoms with van der Waals surface area (Å²) in [6.07, 6.45) is 5.76. The Morgan fingerprint density at radius 1 is 1.32 bits per heavy atom. The van der Waals surface area contributed by atoms with Crippen molar-refractivity contribution < 1.29 is 9.13 Å². The van der Waals surface area contributed by atoms with Crippen LogP contribution in [0.25, 0.3) is 0 Å². The molecule has 106 valence electrons. The summed E-state index contributed by atoms with van der Waals surface area (Å²) in [5.74, 6) is 0.703. The van der Waals surface area contributed by atoms with Crippen LogP contribution in [-0.2, 0) is 6.42 Å². The van der Waals surface area contributed by atoms with Crippen LogP contribution in [0.4, 0.5) is 4.39 Å². The SMILES string of the molecule is CCNC1CCCCC1Cc1cccc(OC)c1F. The van der Waals surface area contributed by atoms with Gasteiger partial charge in [-0.1, -0.05) is 31.9 Å². The molecular weight excluding hydrogens is 241 g/mol. The highest BCUT2D eigenvalue weighted by atomic mass is 19.1. The van der Waals surface area contributed by atoms with Gasteiger partial charge in [-0.3, -0.25) is 0 Å². The minimum atomic E-state index is -0.189. The van der Waals surface area contributed by atoms with Crippen LogP contribution in [-0.4, -0.2) is 19.7 Å². The van der Waals surface area contributed by atoms with E-state index < -0.39 is 0 Å². The van der Waals surface area contributed by atoms with E-state index in [-0.39, 0.29) is 5.82 Å². The molecule has 1 aromatic carbocycles. The molecule has 1 N–H and O–H groups in total. The molecule has 19 heavy (non-hydrogen) atoms. The van der Waals surface area contributed by atoms with Crippen LogP contribution >= 0.6 is 0 Å². The second-order valence-corrected chi connectivity index (χ2v) is 5.35. The van der Waals surface area contributed by atoms with Crippen molar-refractivity contribution in [1.82, 2.24) is 5.32 Å². The van der Waals surface area contributed by atoms with Gasteiger partial charge in [0.2, 0.25) is 0 Å². The normalized spacial score (nSPS) is 23.3. The first-order valence-electron chi connectivity index (χ1n) is 7.31.